The van der Waals surface area contributed by atoms with Gasteiger partial charge in [-0.3, -0.25) is 14.4 Å². The van der Waals surface area contributed by atoms with Gasteiger partial charge in [0.1, 0.15) is 11.6 Å². The summed E-state index contributed by atoms with van der Waals surface area (Å²) in [5.74, 6) is -0.654. The van der Waals surface area contributed by atoms with E-state index in [-0.39, 0.29) is 45.6 Å². The molecule has 0 spiro atoms. The molecule has 3 fully saturated rings. The van der Waals surface area contributed by atoms with Crippen LogP contribution in [-0.4, -0.2) is 33.4 Å². The molecule has 3 saturated carbocycles. The van der Waals surface area contributed by atoms with Gasteiger partial charge in [0.15, 0.2) is 12.4 Å². The maximum Gasteiger partial charge on any atom is 0.260 e. The van der Waals surface area contributed by atoms with E-state index < -0.39 is 5.82 Å². The van der Waals surface area contributed by atoms with Gasteiger partial charge in [-0.2, -0.15) is 0 Å². The summed E-state index contributed by atoms with van der Waals surface area (Å²) in [5.41, 5.74) is 0.504. The summed E-state index contributed by atoms with van der Waals surface area (Å²) in [7, 11) is 1.63. The van der Waals surface area contributed by atoms with E-state index in [2.05, 4.69) is 10.3 Å². The highest BCUT2D eigenvalue weighted by atomic mass is 35.5. The molecule has 7 nitrogen and oxygen atoms in total. The van der Waals surface area contributed by atoms with Crippen molar-refractivity contribution in [3.63, 3.8) is 0 Å². The number of carbonyl (C=O) groups is 2. The molecule has 3 aliphatic carbocycles. The van der Waals surface area contributed by atoms with Crippen LogP contribution in [0.3, 0.4) is 0 Å². The number of hydrogen-bond acceptors (Lipinski definition) is 5. The Labute approximate surface area is 193 Å². The SMILES string of the molecule is Cn1cnc2cc(C(=O)CC34CC(NC(=O)COc5ccc(Cl)c(F)c5)(C3)C4)ccc2c1=O. The number of aryl methyl sites for hydroxylation is 1. The molecule has 3 aromatic rings. The maximum atomic E-state index is 13.5. The van der Waals surface area contributed by atoms with Crippen LogP contribution in [0.2, 0.25) is 5.02 Å². The Bertz CT molecular complexity index is 1350. The summed E-state index contributed by atoms with van der Waals surface area (Å²) in [6.45, 7) is -0.224. The van der Waals surface area contributed by atoms with Crippen molar-refractivity contribution in [2.24, 2.45) is 12.5 Å². The van der Waals surface area contributed by atoms with Crippen molar-refractivity contribution >= 4 is 34.2 Å². The molecule has 6 rings (SSSR count). The molecule has 0 radical (unpaired) electrons. The predicted molar refractivity (Wildman–Crippen MR) is 120 cm³/mol. The largest absolute Gasteiger partial charge is 0.484 e. The van der Waals surface area contributed by atoms with Gasteiger partial charge in [0.2, 0.25) is 0 Å². The van der Waals surface area contributed by atoms with Crippen molar-refractivity contribution < 1.29 is 18.7 Å². The molecule has 9 heteroatoms. The maximum absolute atomic E-state index is 13.5. The molecule has 0 unspecified atom stereocenters. The number of carbonyl (C=O) groups excluding carboxylic acids is 2. The molecule has 0 aliphatic heterocycles. The number of amides is 1. The lowest BCUT2D eigenvalue weighted by Gasteiger charge is -2.70. The van der Waals surface area contributed by atoms with Crippen LogP contribution >= 0.6 is 11.6 Å². The molecule has 170 valence electrons. The van der Waals surface area contributed by atoms with E-state index in [9.17, 15) is 18.8 Å². The highest BCUT2D eigenvalue weighted by Crippen LogP contribution is 2.69. The van der Waals surface area contributed by atoms with Crippen LogP contribution in [0.5, 0.6) is 5.75 Å². The zero-order valence-electron chi connectivity index (χ0n) is 17.9. The molecule has 2 aromatic carbocycles. The zero-order chi connectivity index (χ0) is 23.4. The summed E-state index contributed by atoms with van der Waals surface area (Å²) in [4.78, 5) is 41.5. The number of aromatic nitrogens is 2. The van der Waals surface area contributed by atoms with Gasteiger partial charge < -0.3 is 14.6 Å². The van der Waals surface area contributed by atoms with Crippen molar-refractivity contribution in [1.82, 2.24) is 14.9 Å². The highest BCUT2D eigenvalue weighted by molar-refractivity contribution is 6.30. The fraction of sp³-hybridized carbons (Fsp3) is 0.333. The molecule has 0 atom stereocenters. The Morgan fingerprint density at radius 3 is 2.70 bits per heavy atom. The van der Waals surface area contributed by atoms with E-state index >= 15 is 0 Å². The number of hydrogen-bond donors (Lipinski definition) is 1. The second-order valence-electron chi connectivity index (χ2n) is 9.22. The van der Waals surface area contributed by atoms with Gasteiger partial charge in [0.05, 0.1) is 22.3 Å². The lowest BCUT2D eigenvalue weighted by Crippen LogP contribution is -2.75. The van der Waals surface area contributed by atoms with E-state index in [0.29, 0.717) is 22.9 Å². The second-order valence-corrected chi connectivity index (χ2v) is 9.62. The quantitative estimate of drug-likeness (QED) is 0.535. The minimum absolute atomic E-state index is 0.00658. The van der Waals surface area contributed by atoms with Crippen molar-refractivity contribution in [2.75, 3.05) is 6.61 Å². The number of ether oxygens (including phenoxy) is 1. The van der Waals surface area contributed by atoms with E-state index in [1.165, 1.54) is 23.0 Å². The van der Waals surface area contributed by atoms with E-state index in [0.717, 1.165) is 25.3 Å². The van der Waals surface area contributed by atoms with E-state index in [4.69, 9.17) is 16.3 Å². The van der Waals surface area contributed by atoms with Gasteiger partial charge >= 0.3 is 0 Å². The Morgan fingerprint density at radius 2 is 1.97 bits per heavy atom. The first-order valence-electron chi connectivity index (χ1n) is 10.6. The lowest BCUT2D eigenvalue weighted by atomic mass is 9.38. The molecular weight excluding hydrogens is 449 g/mol. The molecule has 33 heavy (non-hydrogen) atoms. The number of Topliss-reactive ketones (excluding diaryl/α,β-unsaturated/α-hetero) is 1. The first-order chi connectivity index (χ1) is 15.7. The Hall–Kier alpha value is -3.26. The summed E-state index contributed by atoms with van der Waals surface area (Å²) in [6, 6.07) is 9.00. The number of nitrogens with zero attached hydrogens (tertiary/aromatic N) is 2. The van der Waals surface area contributed by atoms with Crippen molar-refractivity contribution in [3.8, 4) is 5.75 Å². The molecule has 2 bridgehead atoms. The standard InChI is InChI=1S/C24H21ClFN3O4/c1-29-13-27-19-6-14(2-4-16(19)22(29)32)20(30)8-23-10-24(11-23,12-23)28-21(31)9-33-15-3-5-17(25)18(26)7-15/h2-7,13H,8-12H2,1H3,(H,28,31). The lowest BCUT2D eigenvalue weighted by molar-refractivity contribution is -0.164. The third-order valence-corrected chi connectivity index (χ3v) is 6.89. The Kier molecular flexibility index (Phi) is 5.01. The van der Waals surface area contributed by atoms with E-state index in [1.807, 2.05) is 0 Å². The average Bonchev–Trinajstić information content (AvgIpc) is 2.74. The Morgan fingerprint density at radius 1 is 1.21 bits per heavy atom. The molecule has 0 saturated heterocycles. The van der Waals surface area contributed by atoms with Crippen LogP contribution < -0.4 is 15.6 Å². The van der Waals surface area contributed by atoms with Crippen LogP contribution in [0.4, 0.5) is 4.39 Å². The summed E-state index contributed by atoms with van der Waals surface area (Å²) >= 11 is 5.64. The second kappa shape index (κ2) is 7.66. The van der Waals surface area contributed by atoms with Crippen LogP contribution in [-0.2, 0) is 11.8 Å². The smallest absolute Gasteiger partial charge is 0.260 e. The monoisotopic (exact) mass is 469 g/mol. The van der Waals surface area contributed by atoms with Crippen molar-refractivity contribution in [1.29, 1.82) is 0 Å². The minimum atomic E-state index is -0.606. The highest BCUT2D eigenvalue weighted by Gasteiger charge is 2.68. The average molecular weight is 470 g/mol. The number of benzene rings is 2. The van der Waals surface area contributed by atoms with Gasteiger partial charge in [-0.05, 0) is 48.9 Å². The van der Waals surface area contributed by atoms with Gasteiger partial charge in [-0.15, -0.1) is 0 Å². The fourth-order valence-corrected chi connectivity index (χ4v) is 5.31. The van der Waals surface area contributed by atoms with Crippen molar-refractivity contribution in [3.05, 3.63) is 69.5 Å². The molecule has 1 aromatic heterocycles. The van der Waals surface area contributed by atoms with Gasteiger partial charge in [-0.25, -0.2) is 9.37 Å². The zero-order valence-corrected chi connectivity index (χ0v) is 18.6. The molecule has 1 N–H and O–H groups in total. The van der Waals surface area contributed by atoms with Crippen LogP contribution in [0, 0.1) is 11.2 Å². The number of rotatable bonds is 7. The van der Waals surface area contributed by atoms with E-state index in [1.54, 1.807) is 25.2 Å². The summed E-state index contributed by atoms with van der Waals surface area (Å²) in [6.07, 6.45) is 4.04. The van der Waals surface area contributed by atoms with Gasteiger partial charge in [-0.1, -0.05) is 17.7 Å². The van der Waals surface area contributed by atoms with Gasteiger partial charge in [0.25, 0.3) is 11.5 Å². The molecular formula is C24H21ClFN3O4. The third kappa shape index (κ3) is 3.88. The number of fused-ring (bicyclic) bond motifs is 1. The van der Waals surface area contributed by atoms with Crippen LogP contribution in [0.25, 0.3) is 10.9 Å². The number of halogens is 2. The van der Waals surface area contributed by atoms with Crippen molar-refractivity contribution in [2.45, 2.75) is 31.2 Å². The topological polar surface area (TPSA) is 90.3 Å². The summed E-state index contributed by atoms with van der Waals surface area (Å²) < 4.78 is 20.2. The number of nitrogens with one attached hydrogen (secondary N) is 1. The molecule has 1 amide bonds. The molecule has 3 aliphatic rings. The number of ketones is 1. The molecule has 1 heterocycles. The minimum Gasteiger partial charge on any atom is -0.484 e. The Balaban J connectivity index is 1.14. The van der Waals surface area contributed by atoms with Crippen LogP contribution in [0.15, 0.2) is 47.5 Å². The van der Waals surface area contributed by atoms with Crippen LogP contribution in [0.1, 0.15) is 36.0 Å². The fourth-order valence-electron chi connectivity index (χ4n) is 5.19. The third-order valence-electron chi connectivity index (χ3n) is 6.58. The predicted octanol–water partition coefficient (Wildman–Crippen LogP) is 3.42. The van der Waals surface area contributed by atoms with Gasteiger partial charge in [0, 0.05) is 30.6 Å². The first-order valence-corrected chi connectivity index (χ1v) is 10.9. The first kappa shape index (κ1) is 21.6. The normalized spacial score (nSPS) is 22.9. The summed E-state index contributed by atoms with van der Waals surface area (Å²) in [5, 5.41) is 3.46.